The standard InChI is InChI=1S/C17H22N4O3S/c1-3-21-10-12(8-16(21)23)9-18-14(22)6-7-15-19-20-17(24-15)13-5-4-11(2)25-13/h4-5,12H,3,6-10H2,1-2H3,(H,18,22)/t12-/m1/s1. The molecule has 0 unspecified atom stereocenters. The number of aromatic nitrogens is 2. The maximum atomic E-state index is 12.0. The van der Waals surface area contributed by atoms with Crippen LogP contribution in [0.4, 0.5) is 0 Å². The summed E-state index contributed by atoms with van der Waals surface area (Å²) >= 11 is 1.60. The van der Waals surface area contributed by atoms with E-state index in [1.165, 1.54) is 4.88 Å². The van der Waals surface area contributed by atoms with E-state index >= 15 is 0 Å². The number of rotatable bonds is 7. The van der Waals surface area contributed by atoms with E-state index in [4.69, 9.17) is 4.42 Å². The zero-order chi connectivity index (χ0) is 17.8. The van der Waals surface area contributed by atoms with Crippen molar-refractivity contribution in [3.8, 4) is 10.8 Å². The quantitative estimate of drug-likeness (QED) is 0.814. The van der Waals surface area contributed by atoms with Gasteiger partial charge >= 0.3 is 0 Å². The van der Waals surface area contributed by atoms with E-state index in [9.17, 15) is 9.59 Å². The summed E-state index contributed by atoms with van der Waals surface area (Å²) in [7, 11) is 0. The van der Waals surface area contributed by atoms with E-state index < -0.39 is 0 Å². The van der Waals surface area contributed by atoms with Gasteiger partial charge in [-0.2, -0.15) is 0 Å². The molecule has 0 aliphatic carbocycles. The first-order valence-electron chi connectivity index (χ1n) is 8.48. The maximum absolute atomic E-state index is 12.0. The van der Waals surface area contributed by atoms with Crippen LogP contribution in [0.15, 0.2) is 16.5 Å². The number of amides is 2. The van der Waals surface area contributed by atoms with E-state index in [2.05, 4.69) is 15.5 Å². The third kappa shape index (κ3) is 4.45. The largest absolute Gasteiger partial charge is 0.420 e. The molecule has 7 nitrogen and oxygen atoms in total. The van der Waals surface area contributed by atoms with Gasteiger partial charge < -0.3 is 14.6 Å². The smallest absolute Gasteiger partial charge is 0.257 e. The fourth-order valence-electron chi connectivity index (χ4n) is 2.87. The predicted molar refractivity (Wildman–Crippen MR) is 94.0 cm³/mol. The van der Waals surface area contributed by atoms with E-state index in [1.807, 2.05) is 30.9 Å². The summed E-state index contributed by atoms with van der Waals surface area (Å²) in [6.45, 7) is 5.97. The van der Waals surface area contributed by atoms with E-state index in [1.54, 1.807) is 11.3 Å². The topological polar surface area (TPSA) is 88.3 Å². The van der Waals surface area contributed by atoms with Crippen molar-refractivity contribution in [1.29, 1.82) is 0 Å². The molecule has 3 rings (SSSR count). The van der Waals surface area contributed by atoms with Crippen molar-refractivity contribution in [3.05, 3.63) is 22.9 Å². The van der Waals surface area contributed by atoms with Crippen LogP contribution < -0.4 is 5.32 Å². The van der Waals surface area contributed by atoms with Crippen LogP contribution in [0.5, 0.6) is 0 Å². The van der Waals surface area contributed by atoms with Crippen LogP contribution in [-0.2, 0) is 16.0 Å². The summed E-state index contributed by atoms with van der Waals surface area (Å²) in [6, 6.07) is 3.96. The molecule has 0 aromatic carbocycles. The minimum atomic E-state index is -0.0610. The summed E-state index contributed by atoms with van der Waals surface area (Å²) in [5.41, 5.74) is 0. The third-order valence-electron chi connectivity index (χ3n) is 4.25. The van der Waals surface area contributed by atoms with Gasteiger partial charge in [0.05, 0.1) is 4.88 Å². The fourth-order valence-corrected chi connectivity index (χ4v) is 3.66. The zero-order valence-electron chi connectivity index (χ0n) is 14.4. The number of hydrogen-bond donors (Lipinski definition) is 1. The van der Waals surface area contributed by atoms with Crippen LogP contribution in [0, 0.1) is 12.8 Å². The van der Waals surface area contributed by atoms with Gasteiger partial charge in [0.1, 0.15) is 0 Å². The first-order valence-corrected chi connectivity index (χ1v) is 9.30. The number of nitrogens with one attached hydrogen (secondary N) is 1. The molecule has 2 aromatic rings. The molecule has 0 spiro atoms. The summed E-state index contributed by atoms with van der Waals surface area (Å²) in [6.07, 6.45) is 1.22. The molecule has 25 heavy (non-hydrogen) atoms. The van der Waals surface area contributed by atoms with E-state index in [0.29, 0.717) is 37.6 Å². The van der Waals surface area contributed by atoms with Gasteiger partial charge in [0.15, 0.2) is 0 Å². The Morgan fingerprint density at radius 1 is 1.44 bits per heavy atom. The Morgan fingerprint density at radius 2 is 2.28 bits per heavy atom. The third-order valence-corrected chi connectivity index (χ3v) is 5.24. The molecular weight excluding hydrogens is 340 g/mol. The number of likely N-dealkylation sites (tertiary alicyclic amines) is 1. The predicted octanol–water partition coefficient (Wildman–Crippen LogP) is 2.02. The van der Waals surface area contributed by atoms with Crippen LogP contribution in [-0.4, -0.2) is 46.5 Å². The highest BCUT2D eigenvalue weighted by molar-refractivity contribution is 7.15. The molecule has 0 saturated carbocycles. The molecule has 3 heterocycles. The van der Waals surface area contributed by atoms with Gasteiger partial charge in [0.2, 0.25) is 17.7 Å². The van der Waals surface area contributed by atoms with Crippen molar-refractivity contribution in [2.75, 3.05) is 19.6 Å². The maximum Gasteiger partial charge on any atom is 0.257 e. The van der Waals surface area contributed by atoms with Gasteiger partial charge in [-0.1, -0.05) is 0 Å². The molecule has 1 N–H and O–H groups in total. The molecule has 0 bridgehead atoms. The highest BCUT2D eigenvalue weighted by Gasteiger charge is 2.28. The average molecular weight is 362 g/mol. The molecule has 134 valence electrons. The van der Waals surface area contributed by atoms with Crippen molar-refractivity contribution >= 4 is 23.2 Å². The zero-order valence-corrected chi connectivity index (χ0v) is 15.3. The molecule has 2 aromatic heterocycles. The number of thiophene rings is 1. The summed E-state index contributed by atoms with van der Waals surface area (Å²) in [5.74, 6) is 1.27. The van der Waals surface area contributed by atoms with Gasteiger partial charge in [-0.3, -0.25) is 9.59 Å². The number of aryl methyl sites for hydroxylation is 2. The molecule has 2 amide bonds. The van der Waals surface area contributed by atoms with E-state index in [0.717, 1.165) is 18.0 Å². The molecule has 0 radical (unpaired) electrons. The second kappa shape index (κ2) is 7.77. The molecule has 1 aliphatic heterocycles. The van der Waals surface area contributed by atoms with Crippen molar-refractivity contribution in [2.45, 2.75) is 33.1 Å². The Kier molecular flexibility index (Phi) is 5.47. The molecule has 1 saturated heterocycles. The van der Waals surface area contributed by atoms with Crippen LogP contribution in [0.1, 0.15) is 30.5 Å². The molecule has 8 heteroatoms. The van der Waals surface area contributed by atoms with Crippen LogP contribution in [0.25, 0.3) is 10.8 Å². The van der Waals surface area contributed by atoms with Gasteiger partial charge in [-0.25, -0.2) is 0 Å². The lowest BCUT2D eigenvalue weighted by atomic mass is 10.1. The van der Waals surface area contributed by atoms with Crippen molar-refractivity contribution in [1.82, 2.24) is 20.4 Å². The summed E-state index contributed by atoms with van der Waals surface area (Å²) < 4.78 is 5.61. The van der Waals surface area contributed by atoms with Crippen LogP contribution >= 0.6 is 11.3 Å². The lowest BCUT2D eigenvalue weighted by molar-refractivity contribution is -0.127. The van der Waals surface area contributed by atoms with Crippen molar-refractivity contribution in [3.63, 3.8) is 0 Å². The Hall–Kier alpha value is -2.22. The van der Waals surface area contributed by atoms with Crippen molar-refractivity contribution < 1.29 is 14.0 Å². The lowest BCUT2D eigenvalue weighted by Crippen LogP contribution is -2.31. The van der Waals surface area contributed by atoms with Gasteiger partial charge in [-0.05, 0) is 26.0 Å². The first kappa shape index (κ1) is 17.6. The van der Waals surface area contributed by atoms with Crippen molar-refractivity contribution in [2.24, 2.45) is 5.92 Å². The second-order valence-corrected chi connectivity index (χ2v) is 7.51. The second-order valence-electron chi connectivity index (χ2n) is 6.22. The number of carbonyl (C=O) groups excluding carboxylic acids is 2. The summed E-state index contributed by atoms with van der Waals surface area (Å²) in [5, 5.41) is 10.9. The van der Waals surface area contributed by atoms with E-state index in [-0.39, 0.29) is 17.7 Å². The Labute approximate surface area is 150 Å². The van der Waals surface area contributed by atoms with Gasteiger partial charge in [-0.15, -0.1) is 21.5 Å². The molecule has 1 atom stereocenters. The van der Waals surface area contributed by atoms with Gasteiger partial charge in [0.25, 0.3) is 5.89 Å². The van der Waals surface area contributed by atoms with Crippen LogP contribution in [0.2, 0.25) is 0 Å². The molecule has 1 fully saturated rings. The minimum Gasteiger partial charge on any atom is -0.420 e. The highest BCUT2D eigenvalue weighted by Crippen LogP contribution is 2.26. The fraction of sp³-hybridized carbons (Fsp3) is 0.529. The highest BCUT2D eigenvalue weighted by atomic mass is 32.1. The first-order chi connectivity index (χ1) is 12.0. The Bertz CT molecular complexity index is 755. The average Bonchev–Trinajstić information content (AvgIpc) is 3.30. The number of hydrogen-bond acceptors (Lipinski definition) is 6. The molecule has 1 aliphatic rings. The SMILES string of the molecule is CCN1C[C@@H](CNC(=O)CCc2nnc(-c3ccc(C)s3)o2)CC1=O. The normalized spacial score (nSPS) is 17.3. The molecular formula is C17H22N4O3S. The summed E-state index contributed by atoms with van der Waals surface area (Å²) in [4.78, 5) is 27.6. The van der Waals surface area contributed by atoms with Gasteiger partial charge in [0, 0.05) is 49.7 Å². The minimum absolute atomic E-state index is 0.0610. The number of carbonyl (C=O) groups is 2. The lowest BCUT2D eigenvalue weighted by Gasteiger charge is -2.13. The Balaban J connectivity index is 1.42. The number of nitrogens with zero attached hydrogens (tertiary/aromatic N) is 3. The Morgan fingerprint density at radius 3 is 2.96 bits per heavy atom. The van der Waals surface area contributed by atoms with Crippen LogP contribution in [0.3, 0.4) is 0 Å². The monoisotopic (exact) mass is 362 g/mol.